The van der Waals surface area contributed by atoms with Gasteiger partial charge in [-0.2, -0.15) is 4.98 Å². The third-order valence-electron chi connectivity index (χ3n) is 5.21. The molecule has 31 heavy (non-hydrogen) atoms. The Kier molecular flexibility index (Phi) is 5.97. The first-order valence-corrected chi connectivity index (χ1v) is 10.3. The normalized spacial score (nSPS) is 11.2. The van der Waals surface area contributed by atoms with Gasteiger partial charge in [-0.3, -0.25) is 13.9 Å². The van der Waals surface area contributed by atoms with Crippen molar-refractivity contribution in [1.82, 2.24) is 19.3 Å². The average Bonchev–Trinajstić information content (AvgIpc) is 3.28. The molecule has 0 N–H and O–H groups in total. The van der Waals surface area contributed by atoms with E-state index in [0.717, 1.165) is 24.8 Å². The molecule has 8 heteroatoms. The number of ether oxygens (including phenoxy) is 1. The summed E-state index contributed by atoms with van der Waals surface area (Å²) in [6, 6.07) is 14.4. The van der Waals surface area contributed by atoms with Gasteiger partial charge in [0.25, 0.3) is 5.56 Å². The number of benzene rings is 2. The Labute approximate surface area is 178 Å². The van der Waals surface area contributed by atoms with Gasteiger partial charge in [-0.1, -0.05) is 49.2 Å². The predicted octanol–water partition coefficient (Wildman–Crippen LogP) is 3.46. The van der Waals surface area contributed by atoms with Crippen LogP contribution in [-0.2, 0) is 13.1 Å². The minimum atomic E-state index is -0.374. The molecule has 0 unspecified atom stereocenters. The molecule has 0 bridgehead atoms. The van der Waals surface area contributed by atoms with E-state index >= 15 is 0 Å². The maximum Gasteiger partial charge on any atom is 0.331 e. The average molecular weight is 420 g/mol. The maximum atomic E-state index is 13.2. The van der Waals surface area contributed by atoms with Gasteiger partial charge in [0.15, 0.2) is 0 Å². The summed E-state index contributed by atoms with van der Waals surface area (Å²) in [6.45, 7) is 2.54. The number of rotatable bonds is 8. The summed E-state index contributed by atoms with van der Waals surface area (Å²) < 4.78 is 13.5. The van der Waals surface area contributed by atoms with Crippen molar-refractivity contribution in [3.63, 3.8) is 0 Å². The fourth-order valence-electron chi connectivity index (χ4n) is 3.57. The summed E-state index contributed by atoms with van der Waals surface area (Å²) in [7, 11) is 1.59. The van der Waals surface area contributed by atoms with Gasteiger partial charge >= 0.3 is 5.69 Å². The largest absolute Gasteiger partial charge is 0.497 e. The van der Waals surface area contributed by atoms with E-state index in [1.807, 2.05) is 24.3 Å². The van der Waals surface area contributed by atoms with Crippen molar-refractivity contribution in [2.45, 2.75) is 39.3 Å². The van der Waals surface area contributed by atoms with Crippen molar-refractivity contribution in [1.29, 1.82) is 0 Å². The van der Waals surface area contributed by atoms with E-state index in [1.54, 1.807) is 31.4 Å². The first-order valence-electron chi connectivity index (χ1n) is 10.3. The SMILES string of the molecule is CCCCCn1c(=O)c2ccccc2n(Cc2nc(-c3cccc(OC)c3)no2)c1=O. The molecular weight excluding hydrogens is 396 g/mol. The molecular formula is C23H24N4O4. The second-order valence-corrected chi connectivity index (χ2v) is 7.29. The standard InChI is InChI=1S/C23H24N4O4/c1-3-4-7-13-26-22(28)18-11-5-6-12-19(18)27(23(26)29)15-20-24-21(25-31-20)16-9-8-10-17(14-16)30-2/h5-6,8-12,14H,3-4,7,13,15H2,1-2H3. The van der Waals surface area contributed by atoms with Crippen LogP contribution in [0, 0.1) is 0 Å². The van der Waals surface area contributed by atoms with Crippen LogP contribution in [0.2, 0.25) is 0 Å². The molecule has 0 atom stereocenters. The molecule has 0 aliphatic carbocycles. The minimum Gasteiger partial charge on any atom is -0.497 e. The first-order chi connectivity index (χ1) is 15.1. The Balaban J connectivity index is 1.74. The lowest BCUT2D eigenvalue weighted by Gasteiger charge is -2.12. The zero-order valence-corrected chi connectivity index (χ0v) is 17.6. The van der Waals surface area contributed by atoms with E-state index in [0.29, 0.717) is 29.0 Å². The van der Waals surface area contributed by atoms with Gasteiger partial charge in [-0.05, 0) is 30.7 Å². The Hall–Kier alpha value is -3.68. The zero-order valence-electron chi connectivity index (χ0n) is 17.6. The number of nitrogens with zero attached hydrogens (tertiary/aromatic N) is 4. The molecule has 0 aliphatic heterocycles. The number of hydrogen-bond acceptors (Lipinski definition) is 6. The highest BCUT2D eigenvalue weighted by Crippen LogP contribution is 2.21. The molecule has 0 saturated heterocycles. The van der Waals surface area contributed by atoms with Crippen LogP contribution in [0.4, 0.5) is 0 Å². The van der Waals surface area contributed by atoms with E-state index in [-0.39, 0.29) is 23.7 Å². The summed E-state index contributed by atoms with van der Waals surface area (Å²) in [4.78, 5) is 30.5. The molecule has 4 aromatic rings. The van der Waals surface area contributed by atoms with Crippen LogP contribution in [0.25, 0.3) is 22.3 Å². The third-order valence-corrected chi connectivity index (χ3v) is 5.21. The van der Waals surface area contributed by atoms with Crippen LogP contribution in [0.1, 0.15) is 32.1 Å². The highest BCUT2D eigenvalue weighted by Gasteiger charge is 2.16. The number of hydrogen-bond donors (Lipinski definition) is 0. The molecule has 0 saturated carbocycles. The van der Waals surface area contributed by atoms with E-state index in [2.05, 4.69) is 17.1 Å². The molecule has 0 aliphatic rings. The van der Waals surface area contributed by atoms with E-state index < -0.39 is 0 Å². The van der Waals surface area contributed by atoms with E-state index in [4.69, 9.17) is 9.26 Å². The summed E-state index contributed by atoms with van der Waals surface area (Å²) in [5, 5.41) is 4.53. The van der Waals surface area contributed by atoms with Crippen LogP contribution in [0.5, 0.6) is 5.75 Å². The second-order valence-electron chi connectivity index (χ2n) is 7.29. The molecule has 8 nitrogen and oxygen atoms in total. The Morgan fingerprint density at radius 3 is 2.68 bits per heavy atom. The number of unbranched alkanes of at least 4 members (excludes halogenated alkanes) is 2. The van der Waals surface area contributed by atoms with Crippen LogP contribution in [0.3, 0.4) is 0 Å². The van der Waals surface area contributed by atoms with Gasteiger partial charge in [0.2, 0.25) is 11.7 Å². The van der Waals surface area contributed by atoms with Crippen LogP contribution >= 0.6 is 0 Å². The third kappa shape index (κ3) is 4.14. The number of methoxy groups -OCH3 is 1. The van der Waals surface area contributed by atoms with Crippen molar-refractivity contribution in [3.05, 3.63) is 75.3 Å². The monoisotopic (exact) mass is 420 g/mol. The van der Waals surface area contributed by atoms with Gasteiger partial charge in [0, 0.05) is 12.1 Å². The lowest BCUT2D eigenvalue weighted by molar-refractivity contribution is 0.369. The highest BCUT2D eigenvalue weighted by molar-refractivity contribution is 5.77. The molecule has 160 valence electrons. The van der Waals surface area contributed by atoms with Gasteiger partial charge in [0.1, 0.15) is 12.3 Å². The summed E-state index contributed by atoms with van der Waals surface area (Å²) in [5.41, 5.74) is 0.651. The van der Waals surface area contributed by atoms with Crippen molar-refractivity contribution in [2.24, 2.45) is 0 Å². The van der Waals surface area contributed by atoms with Crippen molar-refractivity contribution in [2.75, 3.05) is 7.11 Å². The zero-order chi connectivity index (χ0) is 21.8. The fourth-order valence-corrected chi connectivity index (χ4v) is 3.57. The van der Waals surface area contributed by atoms with Crippen LogP contribution in [-0.4, -0.2) is 26.4 Å². The van der Waals surface area contributed by atoms with Crippen LogP contribution in [0.15, 0.2) is 62.6 Å². The van der Waals surface area contributed by atoms with Crippen molar-refractivity contribution < 1.29 is 9.26 Å². The van der Waals surface area contributed by atoms with E-state index in [9.17, 15) is 9.59 Å². The van der Waals surface area contributed by atoms with Gasteiger partial charge in [-0.25, -0.2) is 4.79 Å². The molecule has 0 radical (unpaired) electrons. The predicted molar refractivity (Wildman–Crippen MR) is 117 cm³/mol. The lowest BCUT2D eigenvalue weighted by Crippen LogP contribution is -2.40. The number of fused-ring (bicyclic) bond motifs is 1. The van der Waals surface area contributed by atoms with Gasteiger partial charge in [-0.15, -0.1) is 0 Å². The number of aromatic nitrogens is 4. The smallest absolute Gasteiger partial charge is 0.331 e. The molecule has 0 amide bonds. The Bertz CT molecular complexity index is 1320. The van der Waals surface area contributed by atoms with Gasteiger partial charge < -0.3 is 9.26 Å². The maximum absolute atomic E-state index is 13.2. The minimum absolute atomic E-state index is 0.0738. The van der Waals surface area contributed by atoms with Crippen LogP contribution < -0.4 is 16.0 Å². The molecule has 0 fully saturated rings. The summed E-state index contributed by atoms with van der Waals surface area (Å²) in [5.74, 6) is 1.37. The Morgan fingerprint density at radius 1 is 1.03 bits per heavy atom. The first kappa shape index (κ1) is 20.6. The lowest BCUT2D eigenvalue weighted by atomic mass is 10.2. The fraction of sp³-hybridized carbons (Fsp3) is 0.304. The summed E-state index contributed by atoms with van der Waals surface area (Å²) in [6.07, 6.45) is 2.72. The van der Waals surface area contributed by atoms with Crippen molar-refractivity contribution in [3.8, 4) is 17.1 Å². The molecule has 0 spiro atoms. The highest BCUT2D eigenvalue weighted by atomic mass is 16.5. The quantitative estimate of drug-likeness (QED) is 0.405. The van der Waals surface area contributed by atoms with E-state index in [1.165, 1.54) is 9.13 Å². The second kappa shape index (κ2) is 8.99. The van der Waals surface area contributed by atoms with Gasteiger partial charge in [0.05, 0.1) is 18.0 Å². The molecule has 2 aromatic carbocycles. The summed E-state index contributed by atoms with van der Waals surface area (Å²) >= 11 is 0. The molecule has 2 heterocycles. The number of para-hydroxylation sites is 1. The molecule has 2 aromatic heterocycles. The topological polar surface area (TPSA) is 92.2 Å². The Morgan fingerprint density at radius 2 is 1.87 bits per heavy atom. The molecule has 4 rings (SSSR count). The van der Waals surface area contributed by atoms with Crippen molar-refractivity contribution >= 4 is 10.9 Å².